The van der Waals surface area contributed by atoms with Crippen molar-refractivity contribution in [1.29, 1.82) is 0 Å². The summed E-state index contributed by atoms with van der Waals surface area (Å²) in [6, 6.07) is 3.66. The van der Waals surface area contributed by atoms with E-state index in [0.717, 1.165) is 15.6 Å². The smallest absolute Gasteiger partial charge is 0.392 e. The van der Waals surface area contributed by atoms with E-state index in [1.807, 2.05) is 19.1 Å². The molecule has 0 atom stereocenters. The molecule has 102 valence electrons. The lowest BCUT2D eigenvalue weighted by Gasteiger charge is -2.15. The van der Waals surface area contributed by atoms with Crippen LogP contribution in [-0.4, -0.2) is 19.8 Å². The van der Waals surface area contributed by atoms with Crippen LogP contribution in [0.2, 0.25) is 0 Å². The zero-order valence-corrected chi connectivity index (χ0v) is 11.8. The normalized spacial score (nSPS) is 11.7. The summed E-state index contributed by atoms with van der Waals surface area (Å²) in [4.78, 5) is 0. The summed E-state index contributed by atoms with van der Waals surface area (Å²) in [5.74, 6) is 0.525. The van der Waals surface area contributed by atoms with Crippen LogP contribution < -0.4 is 10.1 Å². The predicted molar refractivity (Wildman–Crippen MR) is 67.8 cm³/mol. The number of alkyl halides is 3. The molecule has 1 aromatic carbocycles. The summed E-state index contributed by atoms with van der Waals surface area (Å²) in [5.41, 5.74) is 1.66. The Bertz CT molecular complexity index is 407. The predicted octanol–water partition coefficient (Wildman–Crippen LogP) is 3.81. The van der Waals surface area contributed by atoms with Gasteiger partial charge in [0.25, 0.3) is 0 Å². The maximum absolute atomic E-state index is 12.1. The van der Waals surface area contributed by atoms with Crippen LogP contribution in [0, 0.1) is 6.92 Å². The Labute approximate surface area is 113 Å². The molecule has 18 heavy (non-hydrogen) atoms. The van der Waals surface area contributed by atoms with Gasteiger partial charge in [-0.3, -0.25) is 0 Å². The highest BCUT2D eigenvalue weighted by atomic mass is 79.9. The Balaban J connectivity index is 2.80. The molecule has 0 spiro atoms. The van der Waals surface area contributed by atoms with Crippen LogP contribution in [0.15, 0.2) is 16.6 Å². The number of ether oxygens (including phenoxy) is 1. The standard InChI is InChI=1S/C12H15BrF3NO/c1-8-5-10(13)6-9(7-17-2)11(8)18-4-3-12(14,15)16/h5-6,17H,3-4,7H2,1-2H3. The van der Waals surface area contributed by atoms with E-state index in [0.29, 0.717) is 12.3 Å². The molecule has 0 saturated carbocycles. The van der Waals surface area contributed by atoms with Crippen LogP contribution in [0.5, 0.6) is 5.75 Å². The average Bonchev–Trinajstić information content (AvgIpc) is 2.20. The topological polar surface area (TPSA) is 21.3 Å². The summed E-state index contributed by atoms with van der Waals surface area (Å²) >= 11 is 3.35. The van der Waals surface area contributed by atoms with Crippen LogP contribution in [-0.2, 0) is 6.54 Å². The molecule has 2 nitrogen and oxygen atoms in total. The van der Waals surface area contributed by atoms with Crippen molar-refractivity contribution in [1.82, 2.24) is 5.32 Å². The molecule has 0 aliphatic heterocycles. The second-order valence-corrected chi connectivity index (χ2v) is 4.87. The first-order valence-electron chi connectivity index (χ1n) is 5.46. The van der Waals surface area contributed by atoms with Crippen LogP contribution in [0.25, 0.3) is 0 Å². The summed E-state index contributed by atoms with van der Waals surface area (Å²) in [7, 11) is 1.77. The largest absolute Gasteiger partial charge is 0.493 e. The zero-order chi connectivity index (χ0) is 13.8. The number of halogens is 4. The van der Waals surface area contributed by atoms with E-state index in [2.05, 4.69) is 21.2 Å². The number of aryl methyl sites for hydroxylation is 1. The molecule has 0 amide bonds. The molecule has 0 saturated heterocycles. The average molecular weight is 326 g/mol. The molecule has 0 aliphatic rings. The van der Waals surface area contributed by atoms with Gasteiger partial charge in [0.15, 0.2) is 0 Å². The quantitative estimate of drug-likeness (QED) is 0.888. The van der Waals surface area contributed by atoms with Crippen molar-refractivity contribution in [3.8, 4) is 5.75 Å². The third kappa shape index (κ3) is 4.86. The maximum atomic E-state index is 12.1. The Hall–Kier alpha value is -0.750. The van der Waals surface area contributed by atoms with Gasteiger partial charge in [0, 0.05) is 16.6 Å². The molecular weight excluding hydrogens is 311 g/mol. The van der Waals surface area contributed by atoms with Gasteiger partial charge in [-0.2, -0.15) is 13.2 Å². The van der Waals surface area contributed by atoms with Gasteiger partial charge < -0.3 is 10.1 Å². The first kappa shape index (κ1) is 15.3. The van der Waals surface area contributed by atoms with Crippen molar-refractivity contribution in [2.45, 2.75) is 26.1 Å². The Morgan fingerprint density at radius 3 is 2.56 bits per heavy atom. The van der Waals surface area contributed by atoms with E-state index in [4.69, 9.17) is 4.74 Å². The lowest BCUT2D eigenvalue weighted by molar-refractivity contribution is -0.139. The molecule has 0 fully saturated rings. The molecule has 0 unspecified atom stereocenters. The first-order valence-corrected chi connectivity index (χ1v) is 6.26. The number of nitrogens with one attached hydrogen (secondary N) is 1. The van der Waals surface area contributed by atoms with Crippen LogP contribution in [0.3, 0.4) is 0 Å². The van der Waals surface area contributed by atoms with Gasteiger partial charge in [-0.15, -0.1) is 0 Å². The van der Waals surface area contributed by atoms with Crippen molar-refractivity contribution in [2.24, 2.45) is 0 Å². The number of benzene rings is 1. The molecular formula is C12H15BrF3NO. The van der Waals surface area contributed by atoms with E-state index in [1.54, 1.807) is 7.05 Å². The molecule has 0 aliphatic carbocycles. The summed E-state index contributed by atoms with van der Waals surface area (Å²) in [6.07, 6.45) is -5.13. The van der Waals surface area contributed by atoms with E-state index in [1.165, 1.54) is 0 Å². The molecule has 1 N–H and O–H groups in total. The highest BCUT2D eigenvalue weighted by Crippen LogP contribution is 2.29. The van der Waals surface area contributed by atoms with Gasteiger partial charge in [-0.05, 0) is 31.7 Å². The van der Waals surface area contributed by atoms with E-state index in [9.17, 15) is 13.2 Å². The molecule has 1 rings (SSSR count). The fourth-order valence-corrected chi connectivity index (χ4v) is 2.22. The fraction of sp³-hybridized carbons (Fsp3) is 0.500. The minimum absolute atomic E-state index is 0.358. The number of hydrogen-bond donors (Lipinski definition) is 1. The number of rotatable bonds is 5. The van der Waals surface area contributed by atoms with Crippen molar-refractivity contribution < 1.29 is 17.9 Å². The second kappa shape index (κ2) is 6.43. The maximum Gasteiger partial charge on any atom is 0.392 e. The first-order chi connectivity index (χ1) is 8.33. The Morgan fingerprint density at radius 1 is 1.33 bits per heavy atom. The van der Waals surface area contributed by atoms with Crippen molar-refractivity contribution in [3.05, 3.63) is 27.7 Å². The third-order valence-electron chi connectivity index (χ3n) is 2.32. The molecule has 0 bridgehead atoms. The SMILES string of the molecule is CNCc1cc(Br)cc(C)c1OCCC(F)(F)F. The van der Waals surface area contributed by atoms with Gasteiger partial charge in [-0.25, -0.2) is 0 Å². The summed E-state index contributed by atoms with van der Waals surface area (Å²) in [5, 5.41) is 2.96. The third-order valence-corrected chi connectivity index (χ3v) is 2.77. The van der Waals surface area contributed by atoms with Crippen molar-refractivity contribution in [3.63, 3.8) is 0 Å². The minimum Gasteiger partial charge on any atom is -0.493 e. The fourth-order valence-electron chi connectivity index (χ4n) is 1.60. The van der Waals surface area contributed by atoms with E-state index >= 15 is 0 Å². The van der Waals surface area contributed by atoms with Gasteiger partial charge in [0.1, 0.15) is 5.75 Å². The van der Waals surface area contributed by atoms with Crippen molar-refractivity contribution in [2.75, 3.05) is 13.7 Å². The highest BCUT2D eigenvalue weighted by Gasteiger charge is 2.27. The molecule has 0 heterocycles. The van der Waals surface area contributed by atoms with Gasteiger partial charge in [0.2, 0.25) is 0 Å². The number of hydrogen-bond acceptors (Lipinski definition) is 2. The Kier molecular flexibility index (Phi) is 5.47. The van der Waals surface area contributed by atoms with Crippen molar-refractivity contribution >= 4 is 15.9 Å². The lowest BCUT2D eigenvalue weighted by atomic mass is 10.1. The lowest BCUT2D eigenvalue weighted by Crippen LogP contribution is -2.15. The van der Waals surface area contributed by atoms with E-state index in [-0.39, 0.29) is 6.61 Å². The molecule has 1 aromatic rings. The minimum atomic E-state index is -4.19. The summed E-state index contributed by atoms with van der Waals surface area (Å²) < 4.78 is 42.4. The second-order valence-electron chi connectivity index (χ2n) is 3.95. The van der Waals surface area contributed by atoms with Gasteiger partial charge in [0.05, 0.1) is 13.0 Å². The Morgan fingerprint density at radius 2 is 2.00 bits per heavy atom. The van der Waals surface area contributed by atoms with Gasteiger partial charge in [-0.1, -0.05) is 15.9 Å². The molecule has 6 heteroatoms. The van der Waals surface area contributed by atoms with Crippen LogP contribution in [0.4, 0.5) is 13.2 Å². The molecule has 0 aromatic heterocycles. The zero-order valence-electron chi connectivity index (χ0n) is 10.2. The van der Waals surface area contributed by atoms with Crippen LogP contribution in [0.1, 0.15) is 17.5 Å². The van der Waals surface area contributed by atoms with Gasteiger partial charge >= 0.3 is 6.18 Å². The summed E-state index contributed by atoms with van der Waals surface area (Å²) in [6.45, 7) is 2.00. The van der Waals surface area contributed by atoms with Crippen LogP contribution >= 0.6 is 15.9 Å². The van der Waals surface area contributed by atoms with E-state index < -0.39 is 12.6 Å². The monoisotopic (exact) mass is 325 g/mol. The highest BCUT2D eigenvalue weighted by molar-refractivity contribution is 9.10. The molecule has 0 radical (unpaired) electrons.